The summed E-state index contributed by atoms with van der Waals surface area (Å²) in [7, 11) is 0. The van der Waals surface area contributed by atoms with Crippen LogP contribution in [-0.4, -0.2) is 55.4 Å². The first kappa shape index (κ1) is 6.69. The van der Waals surface area contributed by atoms with Gasteiger partial charge >= 0.3 is 0 Å². The van der Waals surface area contributed by atoms with Crippen molar-refractivity contribution >= 4 is 45.5 Å². The third-order valence-corrected chi connectivity index (χ3v) is 0.406. The number of aromatic amines is 1. The van der Waals surface area contributed by atoms with Gasteiger partial charge in [0.2, 0.25) is 0 Å². The molecule has 0 unspecified atom stereocenters. The molecule has 2 radical (unpaired) electrons. The molecule has 0 aliphatic heterocycles. The molecule has 1 rings (SSSR count). The number of hydrogen-bond acceptors (Lipinski definition) is 1. The van der Waals surface area contributed by atoms with E-state index >= 15 is 0 Å². The average Bonchev–Trinajstić information content (AvgIpc) is 1.76. The zero-order valence-electron chi connectivity index (χ0n) is 3.39. The molecule has 1 N–H and O–H groups in total. The molecule has 0 saturated carbocycles. The predicted molar refractivity (Wildman–Crippen MR) is 24.3 cm³/mol. The smallest absolute Gasteiger partial charge is 0.0919 e. The molecule has 0 aliphatic rings. The Labute approximate surface area is 73.2 Å². The first-order valence-corrected chi connectivity index (χ1v) is 1.43. The van der Waals surface area contributed by atoms with Crippen LogP contribution >= 0.6 is 0 Å². The van der Waals surface area contributed by atoms with Crippen LogP contribution in [0.1, 0.15) is 0 Å². The Balaban J connectivity index is 0.000000250. The van der Waals surface area contributed by atoms with Gasteiger partial charge in [-0.2, -0.15) is 0 Å². The van der Waals surface area contributed by atoms with Crippen LogP contribution in [0.3, 0.4) is 0 Å². The van der Waals surface area contributed by atoms with Crippen LogP contribution in [0.4, 0.5) is 0 Å². The molecule has 0 bridgehead atoms. The summed E-state index contributed by atoms with van der Waals surface area (Å²) in [6, 6.07) is 0. The van der Waals surface area contributed by atoms with Gasteiger partial charge in [0.1, 0.15) is 0 Å². The Morgan fingerprint density at radius 3 is 2.50 bits per heavy atom. The van der Waals surface area contributed by atoms with Crippen molar-refractivity contribution in [2.75, 3.05) is 0 Å². The van der Waals surface area contributed by atoms with Crippen LogP contribution in [0.25, 0.3) is 0 Å². The molecule has 28 valence electrons. The van der Waals surface area contributed by atoms with Crippen molar-refractivity contribution in [2.24, 2.45) is 0 Å². The minimum Gasteiger partial charge on any atom is -0.351 e. The molecule has 2 nitrogen and oxygen atoms in total. The molecule has 0 atom stereocenters. The van der Waals surface area contributed by atoms with Crippen LogP contribution < -0.4 is 0 Å². The van der Waals surface area contributed by atoms with E-state index in [4.69, 9.17) is 0 Å². The van der Waals surface area contributed by atoms with E-state index in [9.17, 15) is 0 Å². The Morgan fingerprint density at radius 1 is 1.50 bits per heavy atom. The third kappa shape index (κ3) is 1.97. The monoisotopic (exact) mass is 156 g/mol. The number of imidazole rings is 1. The summed E-state index contributed by atoms with van der Waals surface area (Å²) in [5.74, 6) is 0. The Morgan fingerprint density at radius 2 is 2.33 bits per heavy atom. The molecule has 0 aliphatic carbocycles. The van der Waals surface area contributed by atoms with Crippen molar-refractivity contribution in [3.8, 4) is 0 Å². The predicted octanol–water partition coefficient (Wildman–Crippen LogP) is 0.0289. The molecule has 1 heterocycles. The van der Waals surface area contributed by atoms with Gasteiger partial charge < -0.3 is 4.98 Å². The summed E-state index contributed by atoms with van der Waals surface area (Å²) in [5.41, 5.74) is 0. The standard InChI is InChI=1S/C3H4N2.Sr/c1-2-5-3-4-1;/h1-3H,(H,4,5);. The summed E-state index contributed by atoms with van der Waals surface area (Å²) in [4.78, 5) is 6.42. The molecule has 0 spiro atoms. The van der Waals surface area contributed by atoms with E-state index in [1.807, 2.05) is 0 Å². The minimum absolute atomic E-state index is 0. The first-order valence-electron chi connectivity index (χ1n) is 1.43. The Hall–Kier alpha value is 0.691. The SMILES string of the molecule is [Sr].c1c[nH]cn1. The van der Waals surface area contributed by atoms with E-state index in [2.05, 4.69) is 9.97 Å². The number of nitrogens with zero attached hydrogens (tertiary/aromatic N) is 1. The molecule has 1 aromatic rings. The molecule has 0 amide bonds. The number of hydrogen-bond donors (Lipinski definition) is 1. The van der Waals surface area contributed by atoms with Crippen LogP contribution in [0.15, 0.2) is 18.7 Å². The van der Waals surface area contributed by atoms with Crippen molar-refractivity contribution in [1.82, 2.24) is 9.97 Å². The summed E-state index contributed by atoms with van der Waals surface area (Å²) in [5, 5.41) is 0. The van der Waals surface area contributed by atoms with Gasteiger partial charge in [-0.1, -0.05) is 0 Å². The molecule has 0 fully saturated rings. The van der Waals surface area contributed by atoms with Crippen LogP contribution in [0.2, 0.25) is 0 Å². The maximum Gasteiger partial charge on any atom is 0.0919 e. The summed E-state index contributed by atoms with van der Waals surface area (Å²) in [6.45, 7) is 0. The van der Waals surface area contributed by atoms with Crippen LogP contribution in [0.5, 0.6) is 0 Å². The summed E-state index contributed by atoms with van der Waals surface area (Å²) < 4.78 is 0. The molecule has 6 heavy (non-hydrogen) atoms. The van der Waals surface area contributed by atoms with Gasteiger partial charge in [0.05, 0.1) is 6.33 Å². The Kier molecular flexibility index (Phi) is 4.31. The van der Waals surface area contributed by atoms with E-state index in [0.29, 0.717) is 0 Å². The zero-order chi connectivity index (χ0) is 3.54. The number of H-pyrrole nitrogens is 1. The second-order valence-corrected chi connectivity index (χ2v) is 0.761. The Bertz CT molecular complexity index is 65.3. The second kappa shape index (κ2) is 3.87. The molecular weight excluding hydrogens is 152 g/mol. The fraction of sp³-hybridized carbons (Fsp3) is 0. The van der Waals surface area contributed by atoms with Crippen LogP contribution in [0, 0.1) is 0 Å². The van der Waals surface area contributed by atoms with E-state index in [1.54, 1.807) is 18.7 Å². The molecule has 0 saturated heterocycles. The minimum atomic E-state index is 0. The maximum absolute atomic E-state index is 3.67. The van der Waals surface area contributed by atoms with Crippen molar-refractivity contribution in [3.05, 3.63) is 18.7 Å². The van der Waals surface area contributed by atoms with Gasteiger partial charge in [0.25, 0.3) is 0 Å². The summed E-state index contributed by atoms with van der Waals surface area (Å²) in [6.07, 6.45) is 5.08. The fourth-order valence-electron chi connectivity index (χ4n) is 0.215. The second-order valence-electron chi connectivity index (χ2n) is 0.761. The summed E-state index contributed by atoms with van der Waals surface area (Å²) >= 11 is 0. The van der Waals surface area contributed by atoms with E-state index in [1.165, 1.54) is 0 Å². The largest absolute Gasteiger partial charge is 0.351 e. The van der Waals surface area contributed by atoms with Crippen molar-refractivity contribution in [3.63, 3.8) is 0 Å². The quantitative estimate of drug-likeness (QED) is 0.527. The molecule has 1 aromatic heterocycles. The number of aromatic nitrogens is 2. The van der Waals surface area contributed by atoms with Gasteiger partial charge in [-0.25, -0.2) is 4.98 Å². The number of rotatable bonds is 0. The average molecular weight is 156 g/mol. The van der Waals surface area contributed by atoms with Gasteiger partial charge in [0, 0.05) is 57.9 Å². The van der Waals surface area contributed by atoms with Gasteiger partial charge in [-0.05, 0) is 0 Å². The van der Waals surface area contributed by atoms with Crippen LogP contribution in [-0.2, 0) is 0 Å². The van der Waals surface area contributed by atoms with E-state index < -0.39 is 0 Å². The van der Waals surface area contributed by atoms with Crippen molar-refractivity contribution in [1.29, 1.82) is 0 Å². The van der Waals surface area contributed by atoms with Crippen molar-refractivity contribution < 1.29 is 0 Å². The molecule has 3 heteroatoms. The fourth-order valence-corrected chi connectivity index (χ4v) is 0.215. The van der Waals surface area contributed by atoms with Crippen molar-refractivity contribution in [2.45, 2.75) is 0 Å². The third-order valence-electron chi connectivity index (χ3n) is 0.406. The van der Waals surface area contributed by atoms with Gasteiger partial charge in [-0.15, -0.1) is 0 Å². The topological polar surface area (TPSA) is 28.7 Å². The first-order chi connectivity index (χ1) is 2.50. The van der Waals surface area contributed by atoms with E-state index in [0.717, 1.165) is 0 Å². The zero-order valence-corrected chi connectivity index (χ0v) is 6.86. The molecule has 0 aromatic carbocycles. The maximum atomic E-state index is 3.67. The van der Waals surface area contributed by atoms with Gasteiger partial charge in [0.15, 0.2) is 0 Å². The molecular formula is C3H4N2Sr. The van der Waals surface area contributed by atoms with E-state index in [-0.39, 0.29) is 45.5 Å². The van der Waals surface area contributed by atoms with Gasteiger partial charge in [-0.3, -0.25) is 0 Å². The normalized spacial score (nSPS) is 6.67. The number of nitrogens with one attached hydrogen (secondary N) is 1.